The van der Waals surface area contributed by atoms with Gasteiger partial charge in [-0.25, -0.2) is 9.78 Å². The topological polar surface area (TPSA) is 102 Å². The fourth-order valence-corrected chi connectivity index (χ4v) is 4.07. The van der Waals surface area contributed by atoms with E-state index in [9.17, 15) is 9.90 Å². The third-order valence-electron chi connectivity index (χ3n) is 4.02. The molecule has 0 atom stereocenters. The van der Waals surface area contributed by atoms with Crippen LogP contribution in [0.25, 0.3) is 11.0 Å². The highest BCUT2D eigenvalue weighted by molar-refractivity contribution is 7.98. The molecule has 0 saturated carbocycles. The largest absolute Gasteiger partial charge is 0.508 e. The highest BCUT2D eigenvalue weighted by atomic mass is 32.2. The minimum Gasteiger partial charge on any atom is -0.508 e. The molecule has 0 bridgehead atoms. The Morgan fingerprint density at radius 3 is 2.85 bits per heavy atom. The first kappa shape index (κ1) is 17.7. The zero-order valence-electron chi connectivity index (χ0n) is 14.6. The average Bonchev–Trinajstić information content (AvgIpc) is 3.25. The number of hydrogen-bond acceptors (Lipinski definition) is 9. The SMILES string of the molecule is Cc1nc(Cc2nnc(SCc3cc(=O)oc4c(C)c(O)ccc34)o2)cs1. The summed E-state index contributed by atoms with van der Waals surface area (Å²) in [5.41, 5.74) is 2.15. The summed E-state index contributed by atoms with van der Waals surface area (Å²) in [6.07, 6.45) is 0.494. The van der Waals surface area contributed by atoms with Gasteiger partial charge in [-0.2, -0.15) is 0 Å². The van der Waals surface area contributed by atoms with E-state index >= 15 is 0 Å². The maximum atomic E-state index is 11.9. The number of rotatable bonds is 5. The number of nitrogens with zero attached hydrogens (tertiary/aromatic N) is 3. The van der Waals surface area contributed by atoms with Gasteiger partial charge in [0.25, 0.3) is 5.22 Å². The van der Waals surface area contributed by atoms with Crippen LogP contribution >= 0.6 is 23.1 Å². The van der Waals surface area contributed by atoms with Crippen molar-refractivity contribution in [2.24, 2.45) is 0 Å². The van der Waals surface area contributed by atoms with Crippen molar-refractivity contribution in [2.45, 2.75) is 31.2 Å². The number of aromatic hydroxyl groups is 1. The summed E-state index contributed by atoms with van der Waals surface area (Å²) in [6.45, 7) is 3.66. The molecule has 3 heterocycles. The number of phenolic OH excluding ortho intramolecular Hbond substituents is 1. The van der Waals surface area contributed by atoms with Gasteiger partial charge in [0.1, 0.15) is 11.3 Å². The minimum absolute atomic E-state index is 0.0919. The second-order valence-electron chi connectivity index (χ2n) is 5.96. The van der Waals surface area contributed by atoms with E-state index < -0.39 is 5.63 Å². The van der Waals surface area contributed by atoms with Gasteiger partial charge in [0.2, 0.25) is 5.89 Å². The summed E-state index contributed by atoms with van der Waals surface area (Å²) >= 11 is 2.92. The van der Waals surface area contributed by atoms with Gasteiger partial charge in [-0.3, -0.25) is 0 Å². The lowest BCUT2D eigenvalue weighted by molar-refractivity contribution is 0.419. The van der Waals surface area contributed by atoms with Crippen LogP contribution in [0.15, 0.2) is 42.4 Å². The molecule has 0 aliphatic heterocycles. The summed E-state index contributed by atoms with van der Waals surface area (Å²) in [4.78, 5) is 16.3. The first-order valence-corrected chi connectivity index (χ1v) is 9.97. The van der Waals surface area contributed by atoms with Crippen LogP contribution in [0.2, 0.25) is 0 Å². The van der Waals surface area contributed by atoms with E-state index in [2.05, 4.69) is 15.2 Å². The van der Waals surface area contributed by atoms with Crippen molar-refractivity contribution in [1.29, 1.82) is 0 Å². The number of phenols is 1. The number of thiazole rings is 1. The van der Waals surface area contributed by atoms with E-state index in [1.54, 1.807) is 30.4 Å². The van der Waals surface area contributed by atoms with Crippen LogP contribution in [0.1, 0.15) is 27.7 Å². The number of aromatic nitrogens is 3. The Hall–Kier alpha value is -2.65. The fourth-order valence-electron chi connectivity index (χ4n) is 2.69. The lowest BCUT2D eigenvalue weighted by atomic mass is 10.1. The first-order valence-electron chi connectivity index (χ1n) is 8.11. The lowest BCUT2D eigenvalue weighted by Gasteiger charge is -2.07. The molecule has 1 aromatic carbocycles. The van der Waals surface area contributed by atoms with Crippen LogP contribution in [-0.4, -0.2) is 20.3 Å². The van der Waals surface area contributed by atoms with Crippen molar-refractivity contribution >= 4 is 34.1 Å². The third kappa shape index (κ3) is 3.74. The van der Waals surface area contributed by atoms with E-state index in [-0.39, 0.29) is 5.75 Å². The van der Waals surface area contributed by atoms with Crippen LogP contribution in [0, 0.1) is 13.8 Å². The molecule has 1 N–H and O–H groups in total. The molecule has 9 heteroatoms. The van der Waals surface area contributed by atoms with E-state index in [0.717, 1.165) is 21.7 Å². The second kappa shape index (κ2) is 7.16. The zero-order chi connectivity index (χ0) is 19.0. The zero-order valence-corrected chi connectivity index (χ0v) is 16.2. The molecule has 4 rings (SSSR count). The molecule has 0 radical (unpaired) electrons. The van der Waals surface area contributed by atoms with Gasteiger partial charge in [0.05, 0.1) is 17.1 Å². The van der Waals surface area contributed by atoms with Crippen LogP contribution in [0.5, 0.6) is 5.75 Å². The third-order valence-corrected chi connectivity index (χ3v) is 5.71. The van der Waals surface area contributed by atoms with Crippen molar-refractivity contribution in [3.8, 4) is 5.75 Å². The maximum absolute atomic E-state index is 11.9. The monoisotopic (exact) mass is 401 g/mol. The smallest absolute Gasteiger partial charge is 0.336 e. The molecule has 0 unspecified atom stereocenters. The average molecular weight is 401 g/mol. The quantitative estimate of drug-likeness (QED) is 0.397. The molecule has 0 fully saturated rings. The van der Waals surface area contributed by atoms with Gasteiger partial charge in [-0.1, -0.05) is 11.8 Å². The van der Waals surface area contributed by atoms with Crippen LogP contribution in [0.3, 0.4) is 0 Å². The highest BCUT2D eigenvalue weighted by Crippen LogP contribution is 2.30. The standard InChI is InChI=1S/C18H15N3O4S2/c1-9-14(22)4-3-13-11(5-16(23)25-17(9)13)7-27-18-21-20-15(24-18)6-12-8-26-10(2)19-12/h3-5,8,22H,6-7H2,1-2H3. The molecular formula is C18H15N3O4S2. The first-order chi connectivity index (χ1) is 13.0. The normalized spacial score (nSPS) is 11.3. The fraction of sp³-hybridized carbons (Fsp3) is 0.222. The van der Waals surface area contributed by atoms with Gasteiger partial charge >= 0.3 is 5.63 Å². The molecule has 27 heavy (non-hydrogen) atoms. The molecule has 7 nitrogen and oxygen atoms in total. The summed E-state index contributed by atoms with van der Waals surface area (Å²) in [5.74, 6) is 1.05. The predicted octanol–water partition coefficient (Wildman–Crippen LogP) is 3.84. The van der Waals surface area contributed by atoms with Crippen molar-refractivity contribution in [2.75, 3.05) is 0 Å². The van der Waals surface area contributed by atoms with E-state index in [4.69, 9.17) is 8.83 Å². The summed E-state index contributed by atoms with van der Waals surface area (Å²) in [5, 5.41) is 22.1. The van der Waals surface area contributed by atoms with Gasteiger partial charge in [0.15, 0.2) is 0 Å². The van der Waals surface area contributed by atoms with Crippen LogP contribution < -0.4 is 5.63 Å². The number of benzene rings is 1. The van der Waals surface area contributed by atoms with Crippen molar-refractivity contribution in [3.63, 3.8) is 0 Å². The van der Waals surface area contributed by atoms with Gasteiger partial charge < -0.3 is 13.9 Å². The Kier molecular flexibility index (Phi) is 4.71. The molecule has 138 valence electrons. The molecule has 0 aliphatic carbocycles. The summed E-state index contributed by atoms with van der Waals surface area (Å²) < 4.78 is 10.9. The highest BCUT2D eigenvalue weighted by Gasteiger charge is 2.13. The van der Waals surface area contributed by atoms with Crippen molar-refractivity contribution in [3.05, 3.63) is 61.7 Å². The Morgan fingerprint density at radius 1 is 1.22 bits per heavy atom. The molecule has 4 aromatic rings. The van der Waals surface area contributed by atoms with E-state index in [1.165, 1.54) is 17.8 Å². The van der Waals surface area contributed by atoms with E-state index in [0.29, 0.717) is 34.4 Å². The van der Waals surface area contributed by atoms with Crippen molar-refractivity contribution in [1.82, 2.24) is 15.2 Å². The van der Waals surface area contributed by atoms with E-state index in [1.807, 2.05) is 12.3 Å². The molecular weight excluding hydrogens is 386 g/mol. The van der Waals surface area contributed by atoms with Crippen LogP contribution in [-0.2, 0) is 12.2 Å². The molecule has 0 saturated heterocycles. The molecule has 0 spiro atoms. The summed E-state index contributed by atoms with van der Waals surface area (Å²) in [6, 6.07) is 4.77. The van der Waals surface area contributed by atoms with Gasteiger partial charge in [0, 0.05) is 28.1 Å². The summed E-state index contributed by atoms with van der Waals surface area (Å²) in [7, 11) is 0. The predicted molar refractivity (Wildman–Crippen MR) is 102 cm³/mol. The Balaban J connectivity index is 1.54. The van der Waals surface area contributed by atoms with Gasteiger partial charge in [-0.15, -0.1) is 21.5 Å². The Bertz CT molecular complexity index is 1180. The van der Waals surface area contributed by atoms with Crippen LogP contribution in [0.4, 0.5) is 0 Å². The van der Waals surface area contributed by atoms with Crippen molar-refractivity contribution < 1.29 is 13.9 Å². The lowest BCUT2D eigenvalue weighted by Crippen LogP contribution is -2.01. The number of fused-ring (bicyclic) bond motifs is 1. The number of thioether (sulfide) groups is 1. The molecule has 0 amide bonds. The van der Waals surface area contributed by atoms with Gasteiger partial charge in [-0.05, 0) is 31.5 Å². The Labute approximate surface area is 162 Å². The number of hydrogen-bond donors (Lipinski definition) is 1. The maximum Gasteiger partial charge on any atom is 0.336 e. The minimum atomic E-state index is -0.461. The Morgan fingerprint density at radius 2 is 2.07 bits per heavy atom. The second-order valence-corrected chi connectivity index (χ2v) is 7.95. The molecule has 3 aromatic heterocycles. The molecule has 0 aliphatic rings. The number of aryl methyl sites for hydroxylation is 2.